The van der Waals surface area contributed by atoms with Crippen LogP contribution in [0.25, 0.3) is 0 Å². The Hall–Kier alpha value is -4.00. The zero-order valence-corrected chi connectivity index (χ0v) is 20.7. The summed E-state index contributed by atoms with van der Waals surface area (Å²) in [4.78, 5) is 28.7. The molecule has 7 heteroatoms. The summed E-state index contributed by atoms with van der Waals surface area (Å²) in [7, 11) is 1.61. The van der Waals surface area contributed by atoms with E-state index in [9.17, 15) is 9.59 Å². The van der Waals surface area contributed by atoms with Gasteiger partial charge in [0.05, 0.1) is 7.11 Å². The molecule has 3 aromatic carbocycles. The molecule has 36 heavy (non-hydrogen) atoms. The summed E-state index contributed by atoms with van der Waals surface area (Å²) in [5, 5.41) is 2.92. The van der Waals surface area contributed by atoms with Gasteiger partial charge in [-0.2, -0.15) is 0 Å². The fraction of sp³-hybridized carbons (Fsp3) is 0.310. The van der Waals surface area contributed by atoms with Crippen LogP contribution in [0.2, 0.25) is 0 Å². The highest BCUT2D eigenvalue weighted by Crippen LogP contribution is 2.33. The summed E-state index contributed by atoms with van der Waals surface area (Å²) in [5.74, 6) is 1.85. The molecule has 7 nitrogen and oxygen atoms in total. The van der Waals surface area contributed by atoms with Crippen LogP contribution in [0.5, 0.6) is 17.2 Å². The summed E-state index contributed by atoms with van der Waals surface area (Å²) < 4.78 is 16.2. The molecule has 1 heterocycles. The number of aryl methyl sites for hydroxylation is 1. The molecular formula is C29H32N2O5. The minimum atomic E-state index is -0.650. The molecule has 0 spiro atoms. The Morgan fingerprint density at radius 3 is 2.50 bits per heavy atom. The highest BCUT2D eigenvalue weighted by Gasteiger charge is 2.30. The number of rotatable bonds is 11. The van der Waals surface area contributed by atoms with E-state index in [0.717, 1.165) is 16.7 Å². The van der Waals surface area contributed by atoms with Gasteiger partial charge in [-0.25, -0.2) is 0 Å². The molecule has 1 unspecified atom stereocenters. The van der Waals surface area contributed by atoms with Gasteiger partial charge in [0.1, 0.15) is 11.8 Å². The number of amides is 2. The molecule has 188 valence electrons. The van der Waals surface area contributed by atoms with Gasteiger partial charge in [0.25, 0.3) is 0 Å². The summed E-state index contributed by atoms with van der Waals surface area (Å²) in [5.41, 5.74) is 2.87. The maximum Gasteiger partial charge on any atom is 0.243 e. The Bertz CT molecular complexity index is 1180. The van der Waals surface area contributed by atoms with E-state index >= 15 is 0 Å². The van der Waals surface area contributed by atoms with E-state index in [1.54, 1.807) is 12.0 Å². The Labute approximate surface area is 212 Å². The number of hydrogen-bond acceptors (Lipinski definition) is 5. The Morgan fingerprint density at radius 2 is 1.72 bits per heavy atom. The lowest BCUT2D eigenvalue weighted by Gasteiger charge is -2.31. The number of fused-ring (bicyclic) bond motifs is 1. The topological polar surface area (TPSA) is 77.1 Å². The highest BCUT2D eigenvalue weighted by atomic mass is 16.7. The van der Waals surface area contributed by atoms with E-state index in [4.69, 9.17) is 14.2 Å². The monoisotopic (exact) mass is 488 g/mol. The van der Waals surface area contributed by atoms with Crippen LogP contribution in [0.15, 0.2) is 72.8 Å². The summed E-state index contributed by atoms with van der Waals surface area (Å²) in [6.45, 7) is 2.87. The van der Waals surface area contributed by atoms with Gasteiger partial charge in [0, 0.05) is 25.9 Å². The molecule has 0 fully saturated rings. The third-order valence-electron chi connectivity index (χ3n) is 6.17. The molecule has 0 aliphatic carbocycles. The predicted octanol–water partition coefficient (Wildman–Crippen LogP) is 4.13. The van der Waals surface area contributed by atoms with Crippen molar-refractivity contribution in [2.45, 2.75) is 38.8 Å². The standard InChI is InChI=1S/C29H32N2O5/c1-3-30-29(33)25(17-21-8-5-4-6-9-21)31(19-23-10-7-11-24(16-23)34-2)28(32)15-13-22-12-14-26-27(18-22)36-20-35-26/h4-12,14,16,18,25H,3,13,15,17,19-20H2,1-2H3,(H,30,33). The number of methoxy groups -OCH3 is 1. The van der Waals surface area contributed by atoms with Crippen molar-refractivity contribution < 1.29 is 23.8 Å². The van der Waals surface area contributed by atoms with Crippen molar-refractivity contribution >= 4 is 11.8 Å². The normalized spacial score (nSPS) is 12.6. The van der Waals surface area contributed by atoms with Crippen LogP contribution in [0.3, 0.4) is 0 Å². The van der Waals surface area contributed by atoms with Gasteiger partial charge in [-0.3, -0.25) is 9.59 Å². The number of nitrogens with one attached hydrogen (secondary N) is 1. The highest BCUT2D eigenvalue weighted by molar-refractivity contribution is 5.88. The molecule has 4 rings (SSSR count). The predicted molar refractivity (Wildman–Crippen MR) is 137 cm³/mol. The molecule has 0 radical (unpaired) electrons. The van der Waals surface area contributed by atoms with E-state index in [0.29, 0.717) is 43.2 Å². The third-order valence-corrected chi connectivity index (χ3v) is 6.17. The molecule has 1 N–H and O–H groups in total. The summed E-state index contributed by atoms with van der Waals surface area (Å²) in [6, 6.07) is 22.4. The molecule has 2 amide bonds. The Balaban J connectivity index is 1.59. The first-order valence-electron chi connectivity index (χ1n) is 12.2. The quantitative estimate of drug-likeness (QED) is 0.439. The molecule has 1 atom stereocenters. The minimum absolute atomic E-state index is 0.0947. The van der Waals surface area contributed by atoms with Gasteiger partial charge in [0.2, 0.25) is 18.6 Å². The van der Waals surface area contributed by atoms with Crippen LogP contribution < -0.4 is 19.5 Å². The first kappa shape index (κ1) is 25.1. The van der Waals surface area contributed by atoms with Gasteiger partial charge in [-0.1, -0.05) is 48.5 Å². The molecule has 1 aliphatic rings. The number of likely N-dealkylation sites (N-methyl/N-ethyl adjacent to an activating group) is 1. The van der Waals surface area contributed by atoms with E-state index in [1.165, 1.54) is 0 Å². The molecule has 0 bridgehead atoms. The van der Waals surface area contributed by atoms with Crippen molar-refractivity contribution in [3.8, 4) is 17.2 Å². The Kier molecular flexibility index (Phi) is 8.44. The van der Waals surface area contributed by atoms with E-state index < -0.39 is 6.04 Å². The second kappa shape index (κ2) is 12.1. The van der Waals surface area contributed by atoms with Gasteiger partial charge < -0.3 is 24.4 Å². The van der Waals surface area contributed by atoms with Gasteiger partial charge in [-0.15, -0.1) is 0 Å². The number of benzene rings is 3. The fourth-order valence-electron chi connectivity index (χ4n) is 4.30. The average Bonchev–Trinajstić information content (AvgIpc) is 3.38. The van der Waals surface area contributed by atoms with Crippen molar-refractivity contribution in [2.75, 3.05) is 20.4 Å². The zero-order chi connectivity index (χ0) is 25.3. The average molecular weight is 489 g/mol. The van der Waals surface area contributed by atoms with Crippen molar-refractivity contribution in [2.24, 2.45) is 0 Å². The van der Waals surface area contributed by atoms with Crippen LogP contribution in [0.4, 0.5) is 0 Å². The van der Waals surface area contributed by atoms with E-state index in [-0.39, 0.29) is 25.0 Å². The maximum atomic E-state index is 13.7. The van der Waals surface area contributed by atoms with E-state index in [2.05, 4.69) is 5.32 Å². The van der Waals surface area contributed by atoms with Crippen molar-refractivity contribution in [3.63, 3.8) is 0 Å². The maximum absolute atomic E-state index is 13.7. The fourth-order valence-corrected chi connectivity index (χ4v) is 4.30. The smallest absolute Gasteiger partial charge is 0.243 e. The number of ether oxygens (including phenoxy) is 3. The van der Waals surface area contributed by atoms with Crippen molar-refractivity contribution in [1.82, 2.24) is 10.2 Å². The summed E-state index contributed by atoms with van der Waals surface area (Å²) in [6.07, 6.45) is 1.21. The van der Waals surface area contributed by atoms with Crippen LogP contribution in [0.1, 0.15) is 30.0 Å². The van der Waals surface area contributed by atoms with Gasteiger partial charge in [0.15, 0.2) is 11.5 Å². The van der Waals surface area contributed by atoms with Crippen LogP contribution in [-0.4, -0.2) is 43.2 Å². The van der Waals surface area contributed by atoms with Gasteiger partial charge >= 0.3 is 0 Å². The summed E-state index contributed by atoms with van der Waals surface area (Å²) >= 11 is 0. The molecule has 1 aliphatic heterocycles. The van der Waals surface area contributed by atoms with Crippen molar-refractivity contribution in [1.29, 1.82) is 0 Å². The molecule has 3 aromatic rings. The number of nitrogens with zero attached hydrogens (tertiary/aromatic N) is 1. The van der Waals surface area contributed by atoms with E-state index in [1.807, 2.05) is 79.7 Å². The number of carbonyl (C=O) groups is 2. The molecule has 0 saturated carbocycles. The van der Waals surface area contributed by atoms with Crippen LogP contribution in [-0.2, 0) is 29.0 Å². The first-order chi connectivity index (χ1) is 17.6. The molecular weight excluding hydrogens is 456 g/mol. The van der Waals surface area contributed by atoms with Crippen LogP contribution >= 0.6 is 0 Å². The van der Waals surface area contributed by atoms with Crippen molar-refractivity contribution in [3.05, 3.63) is 89.5 Å². The second-order valence-electron chi connectivity index (χ2n) is 8.66. The Morgan fingerprint density at radius 1 is 0.944 bits per heavy atom. The molecule has 0 aromatic heterocycles. The minimum Gasteiger partial charge on any atom is -0.497 e. The number of carbonyl (C=O) groups excluding carboxylic acids is 2. The van der Waals surface area contributed by atoms with Gasteiger partial charge in [-0.05, 0) is 54.3 Å². The third kappa shape index (κ3) is 6.36. The molecule has 0 saturated heterocycles. The lowest BCUT2D eigenvalue weighted by molar-refractivity contribution is -0.141. The number of hydrogen-bond donors (Lipinski definition) is 1. The lowest BCUT2D eigenvalue weighted by atomic mass is 10.0. The van der Waals surface area contributed by atoms with Crippen LogP contribution in [0, 0.1) is 0 Å². The SMILES string of the molecule is CCNC(=O)C(Cc1ccccc1)N(Cc1cccc(OC)c1)C(=O)CCc1ccc2c(c1)OCO2. The second-order valence-corrected chi connectivity index (χ2v) is 8.66. The first-order valence-corrected chi connectivity index (χ1v) is 12.2. The largest absolute Gasteiger partial charge is 0.497 e. The lowest BCUT2D eigenvalue weighted by Crippen LogP contribution is -2.50. The zero-order valence-electron chi connectivity index (χ0n) is 20.7.